The van der Waals surface area contributed by atoms with Crippen molar-refractivity contribution in [3.8, 4) is 28.6 Å². The predicted molar refractivity (Wildman–Crippen MR) is 167 cm³/mol. The van der Waals surface area contributed by atoms with Gasteiger partial charge in [0.05, 0.1) is 6.61 Å². The Hall–Kier alpha value is -4.46. The number of amides is 1. The van der Waals surface area contributed by atoms with Crippen molar-refractivity contribution in [3.05, 3.63) is 89.5 Å². The summed E-state index contributed by atoms with van der Waals surface area (Å²) in [6, 6.07) is 21.5. The van der Waals surface area contributed by atoms with Crippen LogP contribution in [0.2, 0.25) is 0 Å². The lowest BCUT2D eigenvalue weighted by Gasteiger charge is -2.27. The van der Waals surface area contributed by atoms with Gasteiger partial charge in [-0.2, -0.15) is 4.98 Å². The molecule has 0 saturated heterocycles. The van der Waals surface area contributed by atoms with Crippen molar-refractivity contribution in [2.24, 2.45) is 0 Å². The molecular weight excluding hydrogens is 542 g/mol. The second-order valence-electron chi connectivity index (χ2n) is 12.0. The summed E-state index contributed by atoms with van der Waals surface area (Å²) in [5.74, 6) is -0.114. The first-order valence-electron chi connectivity index (χ1n) is 14.9. The number of hydrogen-bond acceptors (Lipinski definition) is 6. The Morgan fingerprint density at radius 1 is 0.814 bits per heavy atom. The second-order valence-corrected chi connectivity index (χ2v) is 12.0. The maximum Gasteiger partial charge on any atom is 0.333 e. The molecule has 4 rings (SSSR count). The summed E-state index contributed by atoms with van der Waals surface area (Å²) >= 11 is 0. The Labute approximate surface area is 253 Å². The maximum absolute atomic E-state index is 13.0. The third-order valence-electron chi connectivity index (χ3n) is 7.57. The van der Waals surface area contributed by atoms with Gasteiger partial charge < -0.3 is 19.7 Å². The summed E-state index contributed by atoms with van der Waals surface area (Å²) in [7, 11) is 0. The van der Waals surface area contributed by atoms with Crippen molar-refractivity contribution >= 4 is 11.9 Å². The van der Waals surface area contributed by atoms with E-state index in [1.807, 2.05) is 36.4 Å². The fourth-order valence-electron chi connectivity index (χ4n) is 4.67. The molecule has 0 spiro atoms. The van der Waals surface area contributed by atoms with Crippen molar-refractivity contribution in [3.63, 3.8) is 0 Å². The summed E-state index contributed by atoms with van der Waals surface area (Å²) in [5, 5.41) is 16.9. The highest BCUT2D eigenvalue weighted by molar-refractivity contribution is 5.98. The molecule has 0 bridgehead atoms. The number of carbonyl (C=O) groups is 2. The fraction of sp³-hybridized carbons (Fsp3) is 0.371. The van der Waals surface area contributed by atoms with E-state index in [0.29, 0.717) is 35.0 Å². The van der Waals surface area contributed by atoms with Gasteiger partial charge in [-0.15, -0.1) is 0 Å². The molecule has 0 aliphatic heterocycles. The van der Waals surface area contributed by atoms with Gasteiger partial charge in [-0.3, -0.25) is 4.79 Å². The van der Waals surface area contributed by atoms with E-state index in [1.165, 1.54) is 32.6 Å². The van der Waals surface area contributed by atoms with Crippen LogP contribution in [-0.2, 0) is 15.7 Å². The number of unbranched alkanes of at least 4 members (excludes halogenated alkanes) is 4. The summed E-state index contributed by atoms with van der Waals surface area (Å²) in [4.78, 5) is 29.9. The van der Waals surface area contributed by atoms with Gasteiger partial charge in [-0.25, -0.2) is 4.79 Å². The highest BCUT2D eigenvalue weighted by Crippen LogP contribution is 2.28. The molecule has 8 nitrogen and oxygen atoms in total. The third kappa shape index (κ3) is 7.89. The molecule has 8 heteroatoms. The average Bonchev–Trinajstić information content (AvgIpc) is 3.49. The molecule has 1 amide bonds. The first kappa shape index (κ1) is 31.5. The monoisotopic (exact) mass is 583 g/mol. The zero-order chi connectivity index (χ0) is 31.0. The van der Waals surface area contributed by atoms with Gasteiger partial charge in [0, 0.05) is 16.7 Å². The smallest absolute Gasteiger partial charge is 0.333 e. The van der Waals surface area contributed by atoms with Crippen molar-refractivity contribution < 1.29 is 24.0 Å². The van der Waals surface area contributed by atoms with E-state index in [9.17, 15) is 14.7 Å². The van der Waals surface area contributed by atoms with E-state index < -0.39 is 17.4 Å². The Morgan fingerprint density at radius 3 is 2.02 bits per heavy atom. The highest BCUT2D eigenvalue weighted by Gasteiger charge is 2.37. The number of aromatic nitrogens is 2. The number of ether oxygens (including phenoxy) is 1. The highest BCUT2D eigenvalue weighted by atomic mass is 16.5. The van der Waals surface area contributed by atoms with Crippen molar-refractivity contribution in [2.45, 2.75) is 77.7 Å². The topological polar surface area (TPSA) is 115 Å². The van der Waals surface area contributed by atoms with Gasteiger partial charge >= 0.3 is 5.97 Å². The minimum absolute atomic E-state index is 0.0575. The molecule has 0 fully saturated rings. The molecule has 1 atom stereocenters. The molecule has 1 aromatic heterocycles. The molecule has 0 unspecified atom stereocenters. The summed E-state index contributed by atoms with van der Waals surface area (Å²) in [5.41, 5.74) is 1.58. The quantitative estimate of drug-likeness (QED) is 0.154. The first-order chi connectivity index (χ1) is 20.5. The standard InChI is InChI=1S/C35H41N3O5/c1-6-7-8-9-10-23-42-29-21-15-24(16-22-29)30-36-32(43-38-30)26-13-19-28(20-14-26)35(5,33(40)41)37-31(39)25-11-17-27(18-12-25)34(2,3)4/h11-22H,6-10,23H2,1-5H3,(H,37,39)(H,40,41)/t35-/m0/s1. The largest absolute Gasteiger partial charge is 0.494 e. The number of carboxylic acid groups (broad SMARTS) is 1. The van der Waals surface area contributed by atoms with Gasteiger partial charge in [0.15, 0.2) is 5.54 Å². The maximum atomic E-state index is 13.0. The van der Waals surface area contributed by atoms with Crippen LogP contribution in [0.15, 0.2) is 77.3 Å². The van der Waals surface area contributed by atoms with Gasteiger partial charge in [0.2, 0.25) is 5.82 Å². The van der Waals surface area contributed by atoms with Crippen LogP contribution in [0.5, 0.6) is 5.75 Å². The van der Waals surface area contributed by atoms with E-state index in [0.717, 1.165) is 23.3 Å². The minimum atomic E-state index is -1.66. The van der Waals surface area contributed by atoms with Gasteiger partial charge in [-0.05, 0) is 78.4 Å². The van der Waals surface area contributed by atoms with Crippen LogP contribution < -0.4 is 10.1 Å². The van der Waals surface area contributed by atoms with Crippen molar-refractivity contribution in [1.82, 2.24) is 15.5 Å². The lowest BCUT2D eigenvalue weighted by Crippen LogP contribution is -2.49. The number of nitrogens with one attached hydrogen (secondary N) is 1. The van der Waals surface area contributed by atoms with Crippen molar-refractivity contribution in [1.29, 1.82) is 0 Å². The SMILES string of the molecule is CCCCCCCOc1ccc(-c2noc(-c3ccc([C@](C)(NC(=O)c4ccc(C(C)(C)C)cc4)C(=O)O)cc3)n2)cc1. The van der Waals surface area contributed by atoms with Crippen molar-refractivity contribution in [2.75, 3.05) is 6.61 Å². The third-order valence-corrected chi connectivity index (χ3v) is 7.57. The lowest BCUT2D eigenvalue weighted by atomic mass is 9.86. The van der Waals surface area contributed by atoms with Crippen LogP contribution in [0.4, 0.5) is 0 Å². The molecule has 0 aliphatic rings. The molecule has 226 valence electrons. The molecule has 0 saturated carbocycles. The number of nitrogens with zero attached hydrogens (tertiary/aromatic N) is 2. The fourth-order valence-corrected chi connectivity index (χ4v) is 4.67. The Bertz CT molecular complexity index is 1500. The number of carbonyl (C=O) groups excluding carboxylic acids is 1. The normalized spacial score (nSPS) is 12.9. The Morgan fingerprint density at radius 2 is 1.42 bits per heavy atom. The lowest BCUT2D eigenvalue weighted by molar-refractivity contribution is -0.144. The van der Waals surface area contributed by atoms with E-state index in [2.05, 4.69) is 43.2 Å². The number of aliphatic carboxylic acids is 1. The van der Waals surface area contributed by atoms with Crippen LogP contribution in [0.25, 0.3) is 22.8 Å². The van der Waals surface area contributed by atoms with Crippen LogP contribution in [-0.4, -0.2) is 33.7 Å². The molecule has 0 aliphatic carbocycles. The Balaban J connectivity index is 1.41. The molecule has 2 N–H and O–H groups in total. The first-order valence-corrected chi connectivity index (χ1v) is 14.9. The molecule has 4 aromatic rings. The van der Waals surface area contributed by atoms with Crippen LogP contribution in [0, 0.1) is 0 Å². The van der Waals surface area contributed by atoms with Gasteiger partial charge in [-0.1, -0.05) is 82.8 Å². The number of carboxylic acids is 1. The molecule has 1 heterocycles. The minimum Gasteiger partial charge on any atom is -0.494 e. The summed E-state index contributed by atoms with van der Waals surface area (Å²) in [6.07, 6.45) is 5.94. The average molecular weight is 584 g/mol. The zero-order valence-electron chi connectivity index (χ0n) is 25.6. The number of benzene rings is 3. The van der Waals surface area contributed by atoms with E-state index in [4.69, 9.17) is 9.26 Å². The predicted octanol–water partition coefficient (Wildman–Crippen LogP) is 7.78. The van der Waals surface area contributed by atoms with E-state index in [-0.39, 0.29) is 5.41 Å². The van der Waals surface area contributed by atoms with E-state index in [1.54, 1.807) is 36.4 Å². The van der Waals surface area contributed by atoms with Gasteiger partial charge in [0.1, 0.15) is 5.75 Å². The summed E-state index contributed by atoms with van der Waals surface area (Å²) < 4.78 is 11.3. The van der Waals surface area contributed by atoms with Crippen LogP contribution in [0.1, 0.15) is 88.2 Å². The van der Waals surface area contributed by atoms with Gasteiger partial charge in [0.25, 0.3) is 11.8 Å². The number of rotatable bonds is 13. The molecular formula is C35H41N3O5. The molecule has 3 aromatic carbocycles. The Kier molecular flexibility index (Phi) is 10.0. The van der Waals surface area contributed by atoms with Crippen LogP contribution in [0.3, 0.4) is 0 Å². The molecule has 43 heavy (non-hydrogen) atoms. The van der Waals surface area contributed by atoms with E-state index >= 15 is 0 Å². The second kappa shape index (κ2) is 13.7. The zero-order valence-corrected chi connectivity index (χ0v) is 25.6. The molecule has 0 radical (unpaired) electrons. The number of hydrogen-bond donors (Lipinski definition) is 2. The summed E-state index contributed by atoms with van der Waals surface area (Å²) in [6.45, 7) is 10.6. The van der Waals surface area contributed by atoms with Crippen LogP contribution >= 0.6 is 0 Å².